The smallest absolute Gasteiger partial charge is 0.0626 e. The quantitative estimate of drug-likeness (QED) is 0.812. The van der Waals surface area contributed by atoms with Gasteiger partial charge in [0, 0.05) is 24.6 Å². The molecule has 0 spiro atoms. The molecule has 0 amide bonds. The Kier molecular flexibility index (Phi) is 3.31. The largest absolute Gasteiger partial charge is 0.270 e. The molecule has 0 radical (unpaired) electrons. The third kappa shape index (κ3) is 2.57. The van der Waals surface area contributed by atoms with Crippen molar-refractivity contribution in [2.75, 3.05) is 0 Å². The predicted octanol–water partition coefficient (Wildman–Crippen LogP) is 2.77. The maximum absolute atomic E-state index is 4.53. The molecule has 0 aliphatic heterocycles. The topological polar surface area (TPSA) is 35.6 Å². The van der Waals surface area contributed by atoms with Gasteiger partial charge in [0.1, 0.15) is 0 Å². The molecule has 2 aromatic heterocycles. The summed E-state index contributed by atoms with van der Waals surface area (Å²) in [7, 11) is 0. The van der Waals surface area contributed by atoms with Gasteiger partial charge < -0.3 is 0 Å². The summed E-state index contributed by atoms with van der Waals surface area (Å²) in [6.45, 7) is 8.55. The van der Waals surface area contributed by atoms with E-state index in [1.807, 2.05) is 27.8 Å². The van der Waals surface area contributed by atoms with Crippen LogP contribution in [-0.4, -0.2) is 19.6 Å². The highest BCUT2D eigenvalue weighted by Gasteiger charge is 2.12. The standard InChI is InChI=1S/C13H20N4/c1-10(2)17-9-13(12(4)15-17)8-11(3)16-7-5-6-14-16/h5-7,9-11H,8H2,1-4H3. The summed E-state index contributed by atoms with van der Waals surface area (Å²) in [4.78, 5) is 0. The van der Waals surface area contributed by atoms with Gasteiger partial charge in [-0.3, -0.25) is 9.36 Å². The van der Waals surface area contributed by atoms with Crippen LogP contribution in [0.2, 0.25) is 0 Å². The molecule has 0 aliphatic rings. The van der Waals surface area contributed by atoms with Gasteiger partial charge in [0.05, 0.1) is 11.7 Å². The molecule has 92 valence electrons. The molecular weight excluding hydrogens is 212 g/mol. The first-order valence-corrected chi connectivity index (χ1v) is 6.11. The molecule has 0 bridgehead atoms. The highest BCUT2D eigenvalue weighted by molar-refractivity contribution is 5.16. The van der Waals surface area contributed by atoms with E-state index in [1.54, 1.807) is 0 Å². The Hall–Kier alpha value is -1.58. The zero-order valence-electron chi connectivity index (χ0n) is 11.0. The van der Waals surface area contributed by atoms with Crippen molar-refractivity contribution in [1.29, 1.82) is 0 Å². The molecule has 4 nitrogen and oxygen atoms in total. The summed E-state index contributed by atoms with van der Waals surface area (Å²) in [5.74, 6) is 0. The van der Waals surface area contributed by atoms with E-state index in [9.17, 15) is 0 Å². The Morgan fingerprint density at radius 1 is 1.24 bits per heavy atom. The normalized spacial score (nSPS) is 13.2. The minimum atomic E-state index is 0.369. The number of nitrogens with zero attached hydrogens (tertiary/aromatic N) is 4. The molecular formula is C13H20N4. The maximum atomic E-state index is 4.53. The van der Waals surface area contributed by atoms with Crippen LogP contribution >= 0.6 is 0 Å². The minimum absolute atomic E-state index is 0.369. The summed E-state index contributed by atoms with van der Waals surface area (Å²) in [6.07, 6.45) is 6.95. The fraction of sp³-hybridized carbons (Fsp3) is 0.538. The van der Waals surface area contributed by atoms with Crippen LogP contribution < -0.4 is 0 Å². The van der Waals surface area contributed by atoms with E-state index in [0.717, 1.165) is 12.1 Å². The van der Waals surface area contributed by atoms with Crippen LogP contribution in [0.4, 0.5) is 0 Å². The molecule has 0 fully saturated rings. The van der Waals surface area contributed by atoms with Crippen molar-refractivity contribution < 1.29 is 0 Å². The van der Waals surface area contributed by atoms with E-state index in [-0.39, 0.29) is 0 Å². The molecule has 0 aromatic carbocycles. The van der Waals surface area contributed by atoms with Gasteiger partial charge in [0.15, 0.2) is 0 Å². The Morgan fingerprint density at radius 2 is 2.00 bits per heavy atom. The lowest BCUT2D eigenvalue weighted by atomic mass is 10.1. The second-order valence-electron chi connectivity index (χ2n) is 4.85. The number of rotatable bonds is 4. The van der Waals surface area contributed by atoms with Crippen LogP contribution in [0.15, 0.2) is 24.7 Å². The SMILES string of the molecule is Cc1nn(C(C)C)cc1CC(C)n1cccn1. The second-order valence-corrected chi connectivity index (χ2v) is 4.85. The average Bonchev–Trinajstić information content (AvgIpc) is 2.88. The van der Waals surface area contributed by atoms with Crippen LogP contribution in [-0.2, 0) is 6.42 Å². The third-order valence-electron chi connectivity index (χ3n) is 3.04. The van der Waals surface area contributed by atoms with Crippen molar-refractivity contribution in [3.8, 4) is 0 Å². The van der Waals surface area contributed by atoms with Crippen LogP contribution in [0.3, 0.4) is 0 Å². The molecule has 1 atom stereocenters. The fourth-order valence-corrected chi connectivity index (χ4v) is 1.94. The van der Waals surface area contributed by atoms with E-state index in [1.165, 1.54) is 5.56 Å². The lowest BCUT2D eigenvalue weighted by Crippen LogP contribution is -2.08. The van der Waals surface area contributed by atoms with Gasteiger partial charge in [0.2, 0.25) is 0 Å². The molecule has 0 aliphatic carbocycles. The number of hydrogen-bond acceptors (Lipinski definition) is 2. The third-order valence-corrected chi connectivity index (χ3v) is 3.04. The number of aryl methyl sites for hydroxylation is 1. The molecule has 2 aromatic rings. The molecule has 2 heterocycles. The van der Waals surface area contributed by atoms with Gasteiger partial charge >= 0.3 is 0 Å². The van der Waals surface area contributed by atoms with Crippen LogP contribution in [0.1, 0.15) is 44.1 Å². The van der Waals surface area contributed by atoms with Crippen molar-refractivity contribution >= 4 is 0 Å². The fourth-order valence-electron chi connectivity index (χ4n) is 1.94. The molecule has 4 heteroatoms. The van der Waals surface area contributed by atoms with Crippen LogP contribution in [0.25, 0.3) is 0 Å². The van der Waals surface area contributed by atoms with Gasteiger partial charge in [0.25, 0.3) is 0 Å². The first kappa shape index (κ1) is 11.9. The Balaban J connectivity index is 2.13. The first-order valence-electron chi connectivity index (χ1n) is 6.11. The number of aromatic nitrogens is 4. The average molecular weight is 232 g/mol. The molecule has 17 heavy (non-hydrogen) atoms. The zero-order valence-corrected chi connectivity index (χ0v) is 11.0. The lowest BCUT2D eigenvalue weighted by molar-refractivity contribution is 0.487. The van der Waals surface area contributed by atoms with Gasteiger partial charge in [-0.1, -0.05) is 0 Å². The predicted molar refractivity (Wildman–Crippen MR) is 68.0 cm³/mol. The Morgan fingerprint density at radius 3 is 2.53 bits per heavy atom. The summed E-state index contributed by atoms with van der Waals surface area (Å²) in [5.41, 5.74) is 2.43. The molecule has 2 rings (SSSR count). The maximum Gasteiger partial charge on any atom is 0.0626 e. The van der Waals surface area contributed by atoms with Gasteiger partial charge in [-0.25, -0.2) is 0 Å². The minimum Gasteiger partial charge on any atom is -0.270 e. The molecule has 0 saturated heterocycles. The zero-order chi connectivity index (χ0) is 12.4. The van der Waals surface area contributed by atoms with Crippen molar-refractivity contribution in [1.82, 2.24) is 19.6 Å². The van der Waals surface area contributed by atoms with E-state index in [2.05, 4.69) is 44.1 Å². The van der Waals surface area contributed by atoms with Crippen LogP contribution in [0, 0.1) is 6.92 Å². The van der Waals surface area contributed by atoms with Crippen molar-refractivity contribution in [3.63, 3.8) is 0 Å². The van der Waals surface area contributed by atoms with Crippen LogP contribution in [0.5, 0.6) is 0 Å². The van der Waals surface area contributed by atoms with E-state index < -0.39 is 0 Å². The monoisotopic (exact) mass is 232 g/mol. The van der Waals surface area contributed by atoms with Crippen molar-refractivity contribution in [2.24, 2.45) is 0 Å². The Labute approximate surface area is 102 Å². The van der Waals surface area contributed by atoms with Gasteiger partial charge in [-0.2, -0.15) is 10.2 Å². The molecule has 0 saturated carbocycles. The van der Waals surface area contributed by atoms with Crippen molar-refractivity contribution in [2.45, 2.75) is 46.2 Å². The number of hydrogen-bond donors (Lipinski definition) is 0. The molecule has 1 unspecified atom stereocenters. The highest BCUT2D eigenvalue weighted by Crippen LogP contribution is 2.17. The van der Waals surface area contributed by atoms with E-state index >= 15 is 0 Å². The lowest BCUT2D eigenvalue weighted by Gasteiger charge is -2.11. The highest BCUT2D eigenvalue weighted by atomic mass is 15.3. The van der Waals surface area contributed by atoms with Crippen molar-refractivity contribution in [3.05, 3.63) is 35.9 Å². The van der Waals surface area contributed by atoms with Gasteiger partial charge in [-0.05, 0) is 45.7 Å². The molecule has 0 N–H and O–H groups in total. The van der Waals surface area contributed by atoms with E-state index in [0.29, 0.717) is 12.1 Å². The summed E-state index contributed by atoms with van der Waals surface area (Å²) in [5, 5.41) is 8.80. The summed E-state index contributed by atoms with van der Waals surface area (Å²) >= 11 is 0. The van der Waals surface area contributed by atoms with E-state index in [4.69, 9.17) is 0 Å². The first-order chi connectivity index (χ1) is 8.08. The second kappa shape index (κ2) is 4.73. The summed E-state index contributed by atoms with van der Waals surface area (Å²) in [6, 6.07) is 2.75. The Bertz CT molecular complexity index is 468. The summed E-state index contributed by atoms with van der Waals surface area (Å²) < 4.78 is 4.02. The van der Waals surface area contributed by atoms with Gasteiger partial charge in [-0.15, -0.1) is 0 Å².